The Labute approximate surface area is 87.5 Å². The van der Waals surface area contributed by atoms with Gasteiger partial charge in [0.1, 0.15) is 0 Å². The van der Waals surface area contributed by atoms with E-state index in [0.29, 0.717) is 0 Å². The van der Waals surface area contributed by atoms with Gasteiger partial charge in [-0.3, -0.25) is 0 Å². The number of aromatic carboxylic acids is 1. The molecule has 0 aromatic carbocycles. The van der Waals surface area contributed by atoms with E-state index in [1.807, 2.05) is 0 Å². The molecule has 1 atom stereocenters. The minimum atomic E-state index is -1.02. The van der Waals surface area contributed by atoms with Gasteiger partial charge in [0.2, 0.25) is 0 Å². The summed E-state index contributed by atoms with van der Waals surface area (Å²) in [6.45, 7) is 5.12. The number of hydrogen-bond acceptors (Lipinski definition) is 4. The van der Waals surface area contributed by atoms with Crippen molar-refractivity contribution in [3.8, 4) is 0 Å². The van der Waals surface area contributed by atoms with Crippen LogP contribution >= 0.6 is 0 Å². The van der Waals surface area contributed by atoms with Crippen molar-refractivity contribution in [3.63, 3.8) is 0 Å². The third kappa shape index (κ3) is 1.99. The second kappa shape index (κ2) is 3.98. The molecule has 0 saturated carbocycles. The molecule has 0 radical (unpaired) electrons. The number of aromatic nitrogens is 3. The molecule has 0 spiro atoms. The molecule has 6 nitrogen and oxygen atoms in total. The molecule has 0 aliphatic carbocycles. The Morgan fingerprint density at radius 2 is 2.53 bits per heavy atom. The average Bonchev–Trinajstić information content (AvgIpc) is 2.86. The summed E-state index contributed by atoms with van der Waals surface area (Å²) in [5, 5.41) is 16.2. The summed E-state index contributed by atoms with van der Waals surface area (Å²) in [6, 6.07) is 0.269. The lowest BCUT2D eigenvalue weighted by molar-refractivity contribution is 0.0690. The zero-order valence-corrected chi connectivity index (χ0v) is 8.63. The Balaban J connectivity index is 2.07. The number of carbonyl (C=O) groups is 1. The first kappa shape index (κ1) is 10.1. The molecule has 1 aliphatic rings. The first-order valence-electron chi connectivity index (χ1n) is 5.08. The maximum atomic E-state index is 10.6. The maximum Gasteiger partial charge on any atom is 0.358 e. The third-order valence-electron chi connectivity index (χ3n) is 2.80. The lowest BCUT2D eigenvalue weighted by Crippen LogP contribution is -2.21. The highest BCUT2D eigenvalue weighted by Crippen LogP contribution is 2.19. The fourth-order valence-electron chi connectivity index (χ4n) is 1.87. The highest BCUT2D eigenvalue weighted by atomic mass is 16.4. The summed E-state index contributed by atoms with van der Waals surface area (Å²) in [4.78, 5) is 12.9. The Morgan fingerprint density at radius 1 is 1.73 bits per heavy atom. The third-order valence-corrected chi connectivity index (χ3v) is 2.80. The van der Waals surface area contributed by atoms with Gasteiger partial charge in [0.05, 0.1) is 12.2 Å². The van der Waals surface area contributed by atoms with Crippen LogP contribution < -0.4 is 0 Å². The van der Waals surface area contributed by atoms with Crippen molar-refractivity contribution in [1.82, 2.24) is 19.9 Å². The predicted molar refractivity (Wildman–Crippen MR) is 52.7 cm³/mol. The van der Waals surface area contributed by atoms with Gasteiger partial charge >= 0.3 is 5.97 Å². The van der Waals surface area contributed by atoms with Gasteiger partial charge in [0.15, 0.2) is 5.69 Å². The number of hydrogen-bond donors (Lipinski definition) is 1. The van der Waals surface area contributed by atoms with E-state index in [1.54, 1.807) is 4.68 Å². The first-order chi connectivity index (χ1) is 7.20. The Morgan fingerprint density at radius 3 is 3.07 bits per heavy atom. The van der Waals surface area contributed by atoms with Crippen LogP contribution in [0.15, 0.2) is 6.20 Å². The van der Waals surface area contributed by atoms with E-state index in [-0.39, 0.29) is 11.7 Å². The summed E-state index contributed by atoms with van der Waals surface area (Å²) < 4.78 is 1.67. The van der Waals surface area contributed by atoms with Crippen molar-refractivity contribution >= 4 is 5.97 Å². The number of carboxylic acids is 1. The van der Waals surface area contributed by atoms with Crippen molar-refractivity contribution in [2.45, 2.75) is 19.4 Å². The lowest BCUT2D eigenvalue weighted by Gasteiger charge is -2.12. The van der Waals surface area contributed by atoms with E-state index < -0.39 is 5.97 Å². The van der Waals surface area contributed by atoms with Gasteiger partial charge in [-0.1, -0.05) is 12.1 Å². The van der Waals surface area contributed by atoms with E-state index in [1.165, 1.54) is 6.20 Å². The molecule has 82 valence electrons. The molecule has 2 heterocycles. The molecule has 1 aromatic heterocycles. The molecule has 0 bridgehead atoms. The smallest absolute Gasteiger partial charge is 0.358 e. The summed E-state index contributed by atoms with van der Waals surface area (Å²) in [5.74, 6) is -1.02. The van der Waals surface area contributed by atoms with Crippen molar-refractivity contribution in [1.29, 1.82) is 0 Å². The topological polar surface area (TPSA) is 71.2 Å². The Hall–Kier alpha value is -1.43. The number of likely N-dealkylation sites (tertiary alicyclic amines) is 1. The zero-order chi connectivity index (χ0) is 10.8. The number of likely N-dealkylation sites (N-methyl/N-ethyl adjacent to an activating group) is 1. The van der Waals surface area contributed by atoms with Crippen LogP contribution in [0.1, 0.15) is 29.9 Å². The van der Waals surface area contributed by atoms with E-state index in [2.05, 4.69) is 22.1 Å². The molecule has 15 heavy (non-hydrogen) atoms. The van der Waals surface area contributed by atoms with Crippen LogP contribution in [0.3, 0.4) is 0 Å². The molecule has 1 aromatic rings. The van der Waals surface area contributed by atoms with Crippen LogP contribution in [0.2, 0.25) is 0 Å². The summed E-state index contributed by atoms with van der Waals surface area (Å²) in [6.07, 6.45) is 2.52. The van der Waals surface area contributed by atoms with Crippen LogP contribution in [0.4, 0.5) is 0 Å². The highest BCUT2D eigenvalue weighted by Gasteiger charge is 2.24. The van der Waals surface area contributed by atoms with Gasteiger partial charge in [-0.25, -0.2) is 9.48 Å². The number of nitrogens with zero attached hydrogens (tertiary/aromatic N) is 4. The largest absolute Gasteiger partial charge is 0.476 e. The van der Waals surface area contributed by atoms with Crippen LogP contribution in [0, 0.1) is 0 Å². The van der Waals surface area contributed by atoms with Crippen molar-refractivity contribution in [3.05, 3.63) is 11.9 Å². The van der Waals surface area contributed by atoms with Crippen molar-refractivity contribution < 1.29 is 9.90 Å². The van der Waals surface area contributed by atoms with Gasteiger partial charge in [0, 0.05) is 13.1 Å². The SMILES string of the molecule is CCN1CCC(n2cc(C(=O)O)nn2)C1. The van der Waals surface area contributed by atoms with E-state index in [9.17, 15) is 4.79 Å². The van der Waals surface area contributed by atoms with E-state index in [0.717, 1.165) is 26.1 Å². The average molecular weight is 210 g/mol. The molecule has 1 N–H and O–H groups in total. The molecule has 6 heteroatoms. The molecule has 0 amide bonds. The monoisotopic (exact) mass is 210 g/mol. The van der Waals surface area contributed by atoms with Gasteiger partial charge in [0.25, 0.3) is 0 Å². The highest BCUT2D eigenvalue weighted by molar-refractivity contribution is 5.84. The first-order valence-corrected chi connectivity index (χ1v) is 5.08. The lowest BCUT2D eigenvalue weighted by atomic mass is 10.3. The van der Waals surface area contributed by atoms with Crippen LogP contribution in [0.5, 0.6) is 0 Å². The van der Waals surface area contributed by atoms with Gasteiger partial charge in [-0.15, -0.1) is 5.10 Å². The standard InChI is InChI=1S/C9H14N4O2/c1-2-12-4-3-7(5-12)13-6-8(9(14)15)10-11-13/h6-7H,2-5H2,1H3,(H,14,15). The molecule has 1 saturated heterocycles. The van der Waals surface area contributed by atoms with Gasteiger partial charge in [-0.05, 0) is 13.0 Å². The molecule has 1 fully saturated rings. The van der Waals surface area contributed by atoms with Gasteiger partial charge < -0.3 is 10.0 Å². The quantitative estimate of drug-likeness (QED) is 0.774. The second-order valence-electron chi connectivity index (χ2n) is 3.72. The van der Waals surface area contributed by atoms with E-state index >= 15 is 0 Å². The van der Waals surface area contributed by atoms with Crippen LogP contribution in [-0.2, 0) is 0 Å². The number of rotatable bonds is 3. The molecular weight excluding hydrogens is 196 g/mol. The minimum Gasteiger partial charge on any atom is -0.476 e. The molecular formula is C9H14N4O2. The van der Waals surface area contributed by atoms with Crippen LogP contribution in [-0.4, -0.2) is 50.6 Å². The summed E-state index contributed by atoms with van der Waals surface area (Å²) in [7, 11) is 0. The van der Waals surface area contributed by atoms with Crippen LogP contribution in [0.25, 0.3) is 0 Å². The summed E-state index contributed by atoms with van der Waals surface area (Å²) >= 11 is 0. The summed E-state index contributed by atoms with van der Waals surface area (Å²) in [5.41, 5.74) is 0.0185. The second-order valence-corrected chi connectivity index (χ2v) is 3.72. The fourth-order valence-corrected chi connectivity index (χ4v) is 1.87. The van der Waals surface area contributed by atoms with E-state index in [4.69, 9.17) is 5.11 Å². The van der Waals surface area contributed by atoms with Crippen molar-refractivity contribution in [2.75, 3.05) is 19.6 Å². The minimum absolute atomic E-state index is 0.0185. The number of carboxylic acid groups (broad SMARTS) is 1. The zero-order valence-electron chi connectivity index (χ0n) is 8.63. The Bertz CT molecular complexity index is 363. The van der Waals surface area contributed by atoms with Gasteiger partial charge in [-0.2, -0.15) is 0 Å². The molecule has 1 unspecified atom stereocenters. The fraction of sp³-hybridized carbons (Fsp3) is 0.667. The normalized spacial score (nSPS) is 22.1. The van der Waals surface area contributed by atoms with Crippen molar-refractivity contribution in [2.24, 2.45) is 0 Å². The predicted octanol–water partition coefficient (Wildman–Crippen LogP) is 0.243. The Kier molecular flexibility index (Phi) is 2.68. The molecule has 2 rings (SSSR count). The molecule has 1 aliphatic heterocycles. The maximum absolute atomic E-state index is 10.6.